The molecule has 0 spiro atoms. The van der Waals surface area contributed by atoms with Gasteiger partial charge in [-0.05, 0) is 49.6 Å². The maximum Gasteiger partial charge on any atom is 0.337 e. The van der Waals surface area contributed by atoms with Crippen molar-refractivity contribution in [1.29, 1.82) is 0 Å². The molecule has 0 saturated heterocycles. The van der Waals surface area contributed by atoms with Crippen LogP contribution in [0.25, 0.3) is 16.9 Å². The number of hydrogen-bond acceptors (Lipinski definition) is 4. The predicted octanol–water partition coefficient (Wildman–Crippen LogP) is 3.07. The molecular formula is C23H22N4O3. The van der Waals surface area contributed by atoms with E-state index in [0.29, 0.717) is 30.0 Å². The molecule has 4 aromatic rings. The van der Waals surface area contributed by atoms with Crippen molar-refractivity contribution in [3.8, 4) is 11.4 Å². The van der Waals surface area contributed by atoms with Crippen LogP contribution in [0.15, 0.2) is 70.5 Å². The fraction of sp³-hybridized carbons (Fsp3) is 0.261. The molecule has 0 bridgehead atoms. The van der Waals surface area contributed by atoms with Gasteiger partial charge in [0.1, 0.15) is 12.4 Å². The number of rotatable bonds is 6. The number of para-hydroxylation sites is 1. The Kier molecular flexibility index (Phi) is 4.50. The number of hydrogen-bond donors (Lipinski definition) is 0. The highest BCUT2D eigenvalue weighted by Crippen LogP contribution is 2.32. The summed E-state index contributed by atoms with van der Waals surface area (Å²) in [5, 5.41) is 0. The standard InChI is InChI=1S/C23H22N4O3/c1-16-6-5-7-18(14-16)26-21-20(22(28)27(23(26)29)17-10-11-17)25(15-24-21)12-13-30-19-8-3-2-4-9-19/h2-9,14-15,17H,10-13H2,1H3. The lowest BCUT2D eigenvalue weighted by molar-refractivity contribution is 0.300. The first-order chi connectivity index (χ1) is 14.6. The van der Waals surface area contributed by atoms with Crippen molar-refractivity contribution in [1.82, 2.24) is 18.7 Å². The summed E-state index contributed by atoms with van der Waals surface area (Å²) < 4.78 is 10.5. The quantitative estimate of drug-likeness (QED) is 0.497. The van der Waals surface area contributed by atoms with Crippen molar-refractivity contribution in [2.75, 3.05) is 6.61 Å². The fourth-order valence-corrected chi connectivity index (χ4v) is 3.76. The Hall–Kier alpha value is -3.61. The number of aromatic nitrogens is 4. The summed E-state index contributed by atoms with van der Waals surface area (Å²) in [6.45, 7) is 2.82. The average molecular weight is 402 g/mol. The number of aryl methyl sites for hydroxylation is 1. The minimum Gasteiger partial charge on any atom is -0.492 e. The van der Waals surface area contributed by atoms with Gasteiger partial charge in [-0.2, -0.15) is 0 Å². The molecular weight excluding hydrogens is 380 g/mol. The highest BCUT2D eigenvalue weighted by molar-refractivity contribution is 5.72. The molecule has 0 unspecified atom stereocenters. The van der Waals surface area contributed by atoms with Gasteiger partial charge in [-0.15, -0.1) is 0 Å². The van der Waals surface area contributed by atoms with E-state index < -0.39 is 0 Å². The minimum atomic E-state index is -0.327. The third kappa shape index (κ3) is 3.22. The molecule has 5 rings (SSSR count). The Morgan fingerprint density at radius 3 is 2.60 bits per heavy atom. The van der Waals surface area contributed by atoms with E-state index in [4.69, 9.17) is 4.74 Å². The maximum atomic E-state index is 13.3. The Bertz CT molecular complexity index is 1330. The summed E-state index contributed by atoms with van der Waals surface area (Å²) in [4.78, 5) is 31.0. The van der Waals surface area contributed by atoms with Crippen LogP contribution in [0.2, 0.25) is 0 Å². The van der Waals surface area contributed by atoms with Gasteiger partial charge in [0.05, 0.1) is 18.6 Å². The summed E-state index contributed by atoms with van der Waals surface area (Å²) in [6, 6.07) is 17.2. The number of nitrogens with zero attached hydrogens (tertiary/aromatic N) is 4. The molecule has 1 fully saturated rings. The van der Waals surface area contributed by atoms with Crippen LogP contribution in [-0.2, 0) is 6.54 Å². The topological polar surface area (TPSA) is 71.0 Å². The molecule has 7 heteroatoms. The van der Waals surface area contributed by atoms with Crippen molar-refractivity contribution in [2.24, 2.45) is 0 Å². The van der Waals surface area contributed by atoms with Crippen molar-refractivity contribution in [3.05, 3.63) is 87.3 Å². The smallest absolute Gasteiger partial charge is 0.337 e. The molecule has 2 aromatic carbocycles. The van der Waals surface area contributed by atoms with Crippen LogP contribution < -0.4 is 16.0 Å². The summed E-state index contributed by atoms with van der Waals surface area (Å²) in [5.74, 6) is 0.772. The van der Waals surface area contributed by atoms with E-state index in [9.17, 15) is 9.59 Å². The van der Waals surface area contributed by atoms with Gasteiger partial charge in [0, 0.05) is 6.04 Å². The van der Waals surface area contributed by atoms with Crippen LogP contribution in [0.5, 0.6) is 5.75 Å². The molecule has 2 heterocycles. The molecule has 0 N–H and O–H groups in total. The third-order valence-electron chi connectivity index (χ3n) is 5.36. The van der Waals surface area contributed by atoms with Crippen molar-refractivity contribution >= 4 is 11.2 Å². The van der Waals surface area contributed by atoms with Crippen molar-refractivity contribution < 1.29 is 4.74 Å². The van der Waals surface area contributed by atoms with Gasteiger partial charge in [0.25, 0.3) is 5.56 Å². The summed E-state index contributed by atoms with van der Waals surface area (Å²) in [6.07, 6.45) is 3.31. The predicted molar refractivity (Wildman–Crippen MR) is 115 cm³/mol. The Labute approximate surface area is 172 Å². The van der Waals surface area contributed by atoms with Crippen LogP contribution in [0, 0.1) is 6.92 Å². The highest BCUT2D eigenvalue weighted by Gasteiger charge is 2.30. The third-order valence-corrected chi connectivity index (χ3v) is 5.36. The Morgan fingerprint density at radius 1 is 1.07 bits per heavy atom. The second-order valence-corrected chi connectivity index (χ2v) is 7.64. The monoisotopic (exact) mass is 402 g/mol. The van der Waals surface area contributed by atoms with E-state index in [2.05, 4.69) is 4.98 Å². The van der Waals surface area contributed by atoms with Crippen LogP contribution in [0.4, 0.5) is 0 Å². The molecule has 1 aliphatic carbocycles. The largest absolute Gasteiger partial charge is 0.492 e. The Balaban J connectivity index is 1.61. The molecule has 2 aromatic heterocycles. The zero-order chi connectivity index (χ0) is 20.7. The zero-order valence-electron chi connectivity index (χ0n) is 16.7. The number of imidazole rings is 1. The van der Waals surface area contributed by atoms with Gasteiger partial charge in [0.2, 0.25) is 0 Å². The molecule has 152 valence electrons. The minimum absolute atomic E-state index is 0.0330. The van der Waals surface area contributed by atoms with Crippen molar-refractivity contribution in [2.45, 2.75) is 32.4 Å². The molecule has 1 aliphatic rings. The number of benzene rings is 2. The van der Waals surface area contributed by atoms with Crippen LogP contribution >= 0.6 is 0 Å². The van der Waals surface area contributed by atoms with Gasteiger partial charge in [0.15, 0.2) is 11.2 Å². The number of fused-ring (bicyclic) bond motifs is 1. The molecule has 30 heavy (non-hydrogen) atoms. The molecule has 7 nitrogen and oxygen atoms in total. The van der Waals surface area contributed by atoms with E-state index in [-0.39, 0.29) is 17.3 Å². The molecule has 0 aliphatic heterocycles. The highest BCUT2D eigenvalue weighted by atomic mass is 16.5. The molecule has 0 radical (unpaired) electrons. The van der Waals surface area contributed by atoms with E-state index in [1.165, 1.54) is 4.57 Å². The van der Waals surface area contributed by atoms with Crippen LogP contribution in [0.1, 0.15) is 24.4 Å². The first-order valence-corrected chi connectivity index (χ1v) is 10.1. The van der Waals surface area contributed by atoms with E-state index in [1.54, 1.807) is 15.5 Å². The van der Waals surface area contributed by atoms with E-state index in [1.807, 2.05) is 61.5 Å². The second kappa shape index (κ2) is 7.33. The summed E-state index contributed by atoms with van der Waals surface area (Å²) in [5.41, 5.74) is 1.95. The summed E-state index contributed by atoms with van der Waals surface area (Å²) >= 11 is 0. The lowest BCUT2D eigenvalue weighted by Crippen LogP contribution is -2.39. The van der Waals surface area contributed by atoms with Crippen LogP contribution in [-0.4, -0.2) is 25.3 Å². The summed E-state index contributed by atoms with van der Waals surface area (Å²) in [7, 11) is 0. The van der Waals surface area contributed by atoms with Gasteiger partial charge >= 0.3 is 5.69 Å². The van der Waals surface area contributed by atoms with Gasteiger partial charge in [-0.1, -0.05) is 30.3 Å². The average Bonchev–Trinajstić information content (AvgIpc) is 3.49. The van der Waals surface area contributed by atoms with Gasteiger partial charge < -0.3 is 9.30 Å². The molecule has 0 amide bonds. The zero-order valence-corrected chi connectivity index (χ0v) is 16.7. The molecule has 0 atom stereocenters. The van der Waals surface area contributed by atoms with E-state index in [0.717, 1.165) is 24.2 Å². The normalized spacial score (nSPS) is 13.6. The first kappa shape index (κ1) is 18.4. The van der Waals surface area contributed by atoms with Crippen LogP contribution in [0.3, 0.4) is 0 Å². The maximum absolute atomic E-state index is 13.3. The van der Waals surface area contributed by atoms with Gasteiger partial charge in [-0.25, -0.2) is 14.3 Å². The second-order valence-electron chi connectivity index (χ2n) is 7.64. The van der Waals surface area contributed by atoms with Gasteiger partial charge in [-0.3, -0.25) is 9.36 Å². The van der Waals surface area contributed by atoms with E-state index >= 15 is 0 Å². The Morgan fingerprint density at radius 2 is 1.87 bits per heavy atom. The number of ether oxygens (including phenoxy) is 1. The lowest BCUT2D eigenvalue weighted by Gasteiger charge is -2.13. The molecule has 1 saturated carbocycles. The van der Waals surface area contributed by atoms with Crippen molar-refractivity contribution in [3.63, 3.8) is 0 Å². The fourth-order valence-electron chi connectivity index (χ4n) is 3.76. The first-order valence-electron chi connectivity index (χ1n) is 10.1. The SMILES string of the molecule is Cc1cccc(-n2c(=O)n(C3CC3)c(=O)c3c2ncn3CCOc2ccccc2)c1. The lowest BCUT2D eigenvalue weighted by atomic mass is 10.2.